The van der Waals surface area contributed by atoms with E-state index in [4.69, 9.17) is 5.26 Å². The Morgan fingerprint density at radius 1 is 1.05 bits per heavy atom. The molecule has 0 aliphatic rings. The van der Waals surface area contributed by atoms with E-state index in [1.807, 2.05) is 61.5 Å². The van der Waals surface area contributed by atoms with Crippen LogP contribution in [0.2, 0.25) is 0 Å². The summed E-state index contributed by atoms with van der Waals surface area (Å²) >= 11 is 0. The predicted octanol–water partition coefficient (Wildman–Crippen LogP) is 4.81. The highest BCUT2D eigenvalue weighted by atomic mass is 16.1. The first-order valence-corrected chi connectivity index (χ1v) is 7.73. The first-order chi connectivity index (χ1) is 10.7. The molecule has 0 aromatic heterocycles. The van der Waals surface area contributed by atoms with Crippen molar-refractivity contribution in [1.29, 1.82) is 5.26 Å². The van der Waals surface area contributed by atoms with Crippen molar-refractivity contribution in [1.82, 2.24) is 0 Å². The minimum Gasteiger partial charge on any atom is -0.299 e. The number of benzene rings is 2. The summed E-state index contributed by atoms with van der Waals surface area (Å²) in [6.07, 6.45) is 1.35. The third-order valence-electron chi connectivity index (χ3n) is 4.14. The zero-order valence-electron chi connectivity index (χ0n) is 13.1. The molecule has 2 nitrogen and oxygen atoms in total. The van der Waals surface area contributed by atoms with Crippen molar-refractivity contribution >= 4 is 5.78 Å². The van der Waals surface area contributed by atoms with Crippen LogP contribution in [0.4, 0.5) is 0 Å². The van der Waals surface area contributed by atoms with Crippen molar-refractivity contribution < 1.29 is 4.79 Å². The van der Waals surface area contributed by atoms with E-state index in [2.05, 4.69) is 13.0 Å². The summed E-state index contributed by atoms with van der Waals surface area (Å²) in [5.74, 6) is 0.497. The van der Waals surface area contributed by atoms with E-state index < -0.39 is 0 Å². The number of nitriles is 1. The second-order valence-corrected chi connectivity index (χ2v) is 5.65. The topological polar surface area (TPSA) is 40.9 Å². The molecule has 0 heterocycles. The zero-order valence-corrected chi connectivity index (χ0v) is 13.1. The lowest BCUT2D eigenvalue weighted by Gasteiger charge is -2.20. The zero-order chi connectivity index (χ0) is 15.9. The fourth-order valence-electron chi connectivity index (χ4n) is 2.76. The third-order valence-corrected chi connectivity index (χ3v) is 4.14. The van der Waals surface area contributed by atoms with E-state index in [0.717, 1.165) is 12.0 Å². The van der Waals surface area contributed by atoms with Gasteiger partial charge in [0.2, 0.25) is 0 Å². The van der Waals surface area contributed by atoms with E-state index in [-0.39, 0.29) is 17.6 Å². The van der Waals surface area contributed by atoms with Crippen LogP contribution in [0.15, 0.2) is 54.6 Å². The van der Waals surface area contributed by atoms with Crippen LogP contribution in [0.5, 0.6) is 0 Å². The number of ketones is 1. The lowest BCUT2D eigenvalue weighted by molar-refractivity contribution is -0.120. The Bertz CT molecular complexity index is 652. The second-order valence-electron chi connectivity index (χ2n) is 5.65. The van der Waals surface area contributed by atoms with Crippen LogP contribution >= 0.6 is 0 Å². The molecular formula is C20H21NO. The summed E-state index contributed by atoms with van der Waals surface area (Å²) in [5.41, 5.74) is 2.93. The Hall–Kier alpha value is -2.40. The summed E-state index contributed by atoms with van der Waals surface area (Å²) < 4.78 is 0. The summed E-state index contributed by atoms with van der Waals surface area (Å²) in [6, 6.07) is 19.8. The van der Waals surface area contributed by atoms with Gasteiger partial charge in [-0.25, -0.2) is 0 Å². The molecule has 2 heteroatoms. The molecule has 2 unspecified atom stereocenters. The van der Waals surface area contributed by atoms with Crippen molar-refractivity contribution in [2.24, 2.45) is 0 Å². The maximum atomic E-state index is 12.3. The second kappa shape index (κ2) is 7.56. The molecule has 2 rings (SSSR count). The minimum absolute atomic E-state index is 0.0585. The highest BCUT2D eigenvalue weighted by Gasteiger charge is 2.22. The fourth-order valence-corrected chi connectivity index (χ4v) is 2.76. The van der Waals surface area contributed by atoms with Crippen LogP contribution in [0.1, 0.15) is 55.2 Å². The van der Waals surface area contributed by atoms with Gasteiger partial charge in [-0.3, -0.25) is 4.79 Å². The molecule has 0 aliphatic carbocycles. The number of carbonyl (C=O) groups is 1. The van der Waals surface area contributed by atoms with E-state index in [0.29, 0.717) is 12.0 Å². The Balaban J connectivity index is 2.19. The molecule has 0 spiro atoms. The van der Waals surface area contributed by atoms with Crippen molar-refractivity contribution in [2.75, 3.05) is 0 Å². The highest BCUT2D eigenvalue weighted by Crippen LogP contribution is 2.31. The van der Waals surface area contributed by atoms with Gasteiger partial charge >= 0.3 is 0 Å². The van der Waals surface area contributed by atoms with Crippen molar-refractivity contribution in [3.63, 3.8) is 0 Å². The fraction of sp³-hybridized carbons (Fsp3) is 0.300. The van der Waals surface area contributed by atoms with Crippen LogP contribution in [-0.2, 0) is 4.79 Å². The van der Waals surface area contributed by atoms with Crippen LogP contribution < -0.4 is 0 Å². The standard InChI is InChI=1S/C20H21NO/c1-3-20(22)19(18-7-5-4-6-8-18)13-15(2)17-11-9-16(14-21)10-12-17/h4-12,15,19H,3,13H2,1-2H3. The van der Waals surface area contributed by atoms with E-state index in [9.17, 15) is 4.79 Å². The van der Waals surface area contributed by atoms with Gasteiger partial charge in [-0.05, 0) is 35.6 Å². The normalized spacial score (nSPS) is 13.1. The largest absolute Gasteiger partial charge is 0.299 e. The average molecular weight is 291 g/mol. The Kier molecular flexibility index (Phi) is 5.49. The van der Waals surface area contributed by atoms with Gasteiger partial charge in [-0.1, -0.05) is 56.3 Å². The summed E-state index contributed by atoms with van der Waals surface area (Å²) in [4.78, 5) is 12.3. The molecule has 2 atom stereocenters. The molecule has 0 N–H and O–H groups in total. The average Bonchev–Trinajstić information content (AvgIpc) is 2.59. The molecule has 0 radical (unpaired) electrons. The van der Waals surface area contributed by atoms with E-state index in [1.54, 1.807) is 0 Å². The smallest absolute Gasteiger partial charge is 0.140 e. The van der Waals surface area contributed by atoms with Crippen molar-refractivity contribution in [2.45, 2.75) is 38.5 Å². The van der Waals surface area contributed by atoms with Crippen LogP contribution in [0, 0.1) is 11.3 Å². The molecule has 0 aliphatic heterocycles. The molecule has 0 bridgehead atoms. The molecule has 2 aromatic carbocycles. The van der Waals surface area contributed by atoms with Gasteiger partial charge < -0.3 is 0 Å². The lowest BCUT2D eigenvalue weighted by Crippen LogP contribution is -2.14. The van der Waals surface area contributed by atoms with Gasteiger partial charge in [0.25, 0.3) is 0 Å². The Morgan fingerprint density at radius 2 is 1.68 bits per heavy atom. The third kappa shape index (κ3) is 3.83. The van der Waals surface area contributed by atoms with Gasteiger partial charge in [-0.15, -0.1) is 0 Å². The molecule has 2 aromatic rings. The van der Waals surface area contributed by atoms with Crippen molar-refractivity contribution in [3.05, 3.63) is 71.3 Å². The monoisotopic (exact) mass is 291 g/mol. The maximum Gasteiger partial charge on any atom is 0.140 e. The Morgan fingerprint density at radius 3 is 2.23 bits per heavy atom. The SMILES string of the molecule is CCC(=O)C(CC(C)c1ccc(C#N)cc1)c1ccccc1. The number of nitrogens with zero attached hydrogens (tertiary/aromatic N) is 1. The Labute approximate surface area is 132 Å². The first-order valence-electron chi connectivity index (χ1n) is 7.73. The van der Waals surface area contributed by atoms with Gasteiger partial charge in [-0.2, -0.15) is 5.26 Å². The number of carbonyl (C=O) groups excluding carboxylic acids is 1. The number of hydrogen-bond acceptors (Lipinski definition) is 2. The molecule has 22 heavy (non-hydrogen) atoms. The molecular weight excluding hydrogens is 270 g/mol. The van der Waals surface area contributed by atoms with Gasteiger partial charge in [0.1, 0.15) is 5.78 Å². The predicted molar refractivity (Wildman–Crippen MR) is 88.7 cm³/mol. The molecule has 0 saturated heterocycles. The summed E-state index contributed by atoms with van der Waals surface area (Å²) in [5, 5.41) is 8.87. The highest BCUT2D eigenvalue weighted by molar-refractivity contribution is 5.85. The summed E-state index contributed by atoms with van der Waals surface area (Å²) in [7, 11) is 0. The molecule has 0 amide bonds. The first kappa shape index (κ1) is 16.0. The van der Waals surface area contributed by atoms with Gasteiger partial charge in [0.15, 0.2) is 0 Å². The number of hydrogen-bond donors (Lipinski definition) is 0. The number of Topliss-reactive ketones (excluding diaryl/α,β-unsaturated/α-hetero) is 1. The van der Waals surface area contributed by atoms with E-state index >= 15 is 0 Å². The quantitative estimate of drug-likeness (QED) is 0.766. The van der Waals surface area contributed by atoms with Gasteiger partial charge in [0, 0.05) is 12.3 Å². The molecule has 112 valence electrons. The summed E-state index contributed by atoms with van der Waals surface area (Å²) in [6.45, 7) is 4.06. The van der Waals surface area contributed by atoms with Crippen LogP contribution in [0.3, 0.4) is 0 Å². The molecule has 0 fully saturated rings. The number of rotatable bonds is 6. The van der Waals surface area contributed by atoms with Crippen LogP contribution in [0.25, 0.3) is 0 Å². The minimum atomic E-state index is -0.0585. The lowest BCUT2D eigenvalue weighted by atomic mass is 9.83. The van der Waals surface area contributed by atoms with Gasteiger partial charge in [0.05, 0.1) is 11.6 Å². The maximum absolute atomic E-state index is 12.3. The van der Waals surface area contributed by atoms with E-state index in [1.165, 1.54) is 5.56 Å². The molecule has 0 saturated carbocycles. The van der Waals surface area contributed by atoms with Crippen LogP contribution in [-0.4, -0.2) is 5.78 Å². The van der Waals surface area contributed by atoms with Crippen molar-refractivity contribution in [3.8, 4) is 6.07 Å².